The van der Waals surface area contributed by atoms with E-state index in [1.54, 1.807) is 18.5 Å². The van der Waals surface area contributed by atoms with E-state index in [9.17, 15) is 4.39 Å². The number of fused-ring (bicyclic) bond motifs is 1. The number of hydrazone groups is 1. The predicted octanol–water partition coefficient (Wildman–Crippen LogP) is 4.37. The van der Waals surface area contributed by atoms with Crippen molar-refractivity contribution in [2.45, 2.75) is 6.54 Å². The third kappa shape index (κ3) is 4.64. The highest BCUT2D eigenvalue weighted by Gasteiger charge is 2.10. The number of hydrogen-bond acceptors (Lipinski definition) is 5. The van der Waals surface area contributed by atoms with Crippen LogP contribution in [-0.2, 0) is 6.54 Å². The van der Waals surface area contributed by atoms with E-state index in [4.69, 9.17) is 0 Å². The van der Waals surface area contributed by atoms with Crippen LogP contribution in [0.15, 0.2) is 59.8 Å². The quantitative estimate of drug-likeness (QED) is 0.527. The van der Waals surface area contributed by atoms with Gasteiger partial charge in [0.1, 0.15) is 5.82 Å². The van der Waals surface area contributed by atoms with Crippen molar-refractivity contribution >= 4 is 34.6 Å². The van der Waals surface area contributed by atoms with Gasteiger partial charge < -0.3 is 0 Å². The minimum absolute atomic E-state index is 0.293. The third-order valence-electron chi connectivity index (χ3n) is 4.59. The number of pyridine rings is 1. The molecule has 0 atom stereocenters. The fourth-order valence-corrected chi connectivity index (χ4v) is 4.10. The predicted molar refractivity (Wildman–Crippen MR) is 112 cm³/mol. The molecular weight excluding hydrogens is 359 g/mol. The van der Waals surface area contributed by atoms with E-state index in [1.807, 2.05) is 17.8 Å². The van der Waals surface area contributed by atoms with Gasteiger partial charge in [-0.1, -0.05) is 24.3 Å². The van der Waals surface area contributed by atoms with Gasteiger partial charge in [-0.25, -0.2) is 4.39 Å². The molecule has 2 aromatic carbocycles. The first-order valence-corrected chi connectivity index (χ1v) is 10.2. The van der Waals surface area contributed by atoms with Crippen LogP contribution in [0.3, 0.4) is 0 Å². The molecule has 0 saturated carbocycles. The molecule has 0 unspecified atom stereocenters. The topological polar surface area (TPSA) is 40.5 Å². The second kappa shape index (κ2) is 8.50. The van der Waals surface area contributed by atoms with Crippen LogP contribution in [0.5, 0.6) is 0 Å². The Bertz CT molecular complexity index is 937. The number of nitrogens with one attached hydrogen (secondary N) is 1. The molecule has 2 heterocycles. The molecule has 1 saturated heterocycles. The van der Waals surface area contributed by atoms with Gasteiger partial charge in [-0.3, -0.25) is 15.3 Å². The van der Waals surface area contributed by atoms with E-state index < -0.39 is 0 Å². The van der Waals surface area contributed by atoms with Crippen LogP contribution >= 0.6 is 11.8 Å². The standard InChI is InChI=1S/C21H21FN4S/c22-18-5-6-19-20(7-8-23-21(19)13-18)25-24-14-16-1-3-17(4-2-16)15-26-9-11-27-12-10-26/h1-8,13-14H,9-12,15H2,(H,23,25)/b24-14+. The van der Waals surface area contributed by atoms with Gasteiger partial charge in [-0.2, -0.15) is 16.9 Å². The zero-order valence-electron chi connectivity index (χ0n) is 14.9. The summed E-state index contributed by atoms with van der Waals surface area (Å²) >= 11 is 2.03. The molecule has 0 spiro atoms. The monoisotopic (exact) mass is 380 g/mol. The molecule has 138 valence electrons. The maximum Gasteiger partial charge on any atom is 0.125 e. The highest BCUT2D eigenvalue weighted by molar-refractivity contribution is 7.99. The minimum atomic E-state index is -0.293. The molecule has 1 fully saturated rings. The lowest BCUT2D eigenvalue weighted by Gasteiger charge is -2.26. The normalized spacial score (nSPS) is 15.4. The van der Waals surface area contributed by atoms with Crippen LogP contribution in [0, 0.1) is 5.82 Å². The Kier molecular flexibility index (Phi) is 5.65. The molecule has 0 radical (unpaired) electrons. The molecular formula is C21H21FN4S. The van der Waals surface area contributed by atoms with Crippen molar-refractivity contribution in [2.75, 3.05) is 30.0 Å². The van der Waals surface area contributed by atoms with Gasteiger partial charge in [-0.05, 0) is 29.3 Å². The molecule has 27 heavy (non-hydrogen) atoms. The summed E-state index contributed by atoms with van der Waals surface area (Å²) in [6, 6.07) is 14.9. The fourth-order valence-electron chi connectivity index (χ4n) is 3.12. The second-order valence-corrected chi connectivity index (χ2v) is 7.74. The van der Waals surface area contributed by atoms with Gasteiger partial charge in [0.25, 0.3) is 0 Å². The Morgan fingerprint density at radius 1 is 1.11 bits per heavy atom. The molecule has 6 heteroatoms. The Hall–Kier alpha value is -2.44. The molecule has 4 rings (SSSR count). The Labute approximate surface area is 162 Å². The van der Waals surface area contributed by atoms with Crippen LogP contribution in [0.2, 0.25) is 0 Å². The van der Waals surface area contributed by atoms with Gasteiger partial charge in [0, 0.05) is 48.8 Å². The molecule has 1 aliphatic heterocycles. The molecule has 4 nitrogen and oxygen atoms in total. The second-order valence-electron chi connectivity index (χ2n) is 6.52. The van der Waals surface area contributed by atoms with Crippen molar-refractivity contribution in [1.29, 1.82) is 0 Å². The average molecular weight is 380 g/mol. The van der Waals surface area contributed by atoms with E-state index in [-0.39, 0.29) is 5.82 Å². The number of thioether (sulfide) groups is 1. The van der Waals surface area contributed by atoms with Gasteiger partial charge >= 0.3 is 0 Å². The lowest BCUT2D eigenvalue weighted by atomic mass is 10.1. The fraction of sp³-hybridized carbons (Fsp3) is 0.238. The summed E-state index contributed by atoms with van der Waals surface area (Å²) < 4.78 is 13.3. The van der Waals surface area contributed by atoms with E-state index in [0.29, 0.717) is 5.52 Å². The first kappa shape index (κ1) is 17.9. The highest BCUT2D eigenvalue weighted by atomic mass is 32.2. The van der Waals surface area contributed by atoms with E-state index >= 15 is 0 Å². The highest BCUT2D eigenvalue weighted by Crippen LogP contribution is 2.22. The van der Waals surface area contributed by atoms with Crippen molar-refractivity contribution in [3.8, 4) is 0 Å². The number of rotatable bonds is 5. The van der Waals surface area contributed by atoms with Crippen molar-refractivity contribution in [1.82, 2.24) is 9.88 Å². The van der Waals surface area contributed by atoms with Crippen molar-refractivity contribution in [3.63, 3.8) is 0 Å². The zero-order chi connectivity index (χ0) is 18.5. The summed E-state index contributed by atoms with van der Waals surface area (Å²) in [5.41, 5.74) is 6.80. The Balaban J connectivity index is 1.40. The molecule has 0 bridgehead atoms. The molecule has 0 amide bonds. The summed E-state index contributed by atoms with van der Waals surface area (Å²) in [4.78, 5) is 6.69. The van der Waals surface area contributed by atoms with Gasteiger partial charge in [0.15, 0.2) is 0 Å². The maximum absolute atomic E-state index is 13.3. The summed E-state index contributed by atoms with van der Waals surface area (Å²) in [5, 5.41) is 5.16. The van der Waals surface area contributed by atoms with Gasteiger partial charge in [-0.15, -0.1) is 0 Å². The molecule has 1 N–H and O–H groups in total. The number of hydrogen-bond donors (Lipinski definition) is 1. The lowest BCUT2D eigenvalue weighted by molar-refractivity contribution is 0.294. The number of aromatic nitrogens is 1. The molecule has 1 aliphatic rings. The van der Waals surface area contributed by atoms with Crippen molar-refractivity contribution in [3.05, 3.63) is 71.7 Å². The van der Waals surface area contributed by atoms with Gasteiger partial charge in [0.2, 0.25) is 0 Å². The largest absolute Gasteiger partial charge is 0.297 e. The van der Waals surface area contributed by atoms with Crippen LogP contribution in [0.25, 0.3) is 10.9 Å². The SMILES string of the molecule is Fc1ccc2c(N/N=C/c3ccc(CN4CCSCC4)cc3)ccnc2c1. The maximum atomic E-state index is 13.3. The summed E-state index contributed by atoms with van der Waals surface area (Å²) in [6.45, 7) is 3.35. The Morgan fingerprint density at radius 2 is 1.93 bits per heavy atom. The summed E-state index contributed by atoms with van der Waals surface area (Å²) in [5.74, 6) is 2.17. The number of halogens is 1. The van der Waals surface area contributed by atoms with Crippen molar-refractivity contribution in [2.24, 2.45) is 5.10 Å². The Morgan fingerprint density at radius 3 is 2.74 bits per heavy atom. The van der Waals surface area contributed by atoms with Gasteiger partial charge in [0.05, 0.1) is 17.4 Å². The average Bonchev–Trinajstić information content (AvgIpc) is 2.70. The van der Waals surface area contributed by atoms with Crippen LogP contribution in [-0.4, -0.2) is 40.7 Å². The first-order valence-electron chi connectivity index (χ1n) is 9.00. The summed E-state index contributed by atoms with van der Waals surface area (Å²) in [6.07, 6.45) is 3.44. The molecule has 3 aromatic rings. The van der Waals surface area contributed by atoms with Crippen LogP contribution in [0.4, 0.5) is 10.1 Å². The third-order valence-corrected chi connectivity index (χ3v) is 5.54. The lowest BCUT2D eigenvalue weighted by Crippen LogP contribution is -2.31. The number of benzene rings is 2. The van der Waals surface area contributed by atoms with E-state index in [0.717, 1.165) is 23.2 Å². The molecule has 0 aliphatic carbocycles. The van der Waals surface area contributed by atoms with Crippen LogP contribution in [0.1, 0.15) is 11.1 Å². The van der Waals surface area contributed by atoms with E-state index in [1.165, 1.54) is 42.3 Å². The van der Waals surface area contributed by atoms with Crippen molar-refractivity contribution < 1.29 is 4.39 Å². The summed E-state index contributed by atoms with van der Waals surface area (Å²) in [7, 11) is 0. The molecule has 1 aromatic heterocycles. The minimum Gasteiger partial charge on any atom is -0.297 e. The number of anilines is 1. The smallest absolute Gasteiger partial charge is 0.125 e. The zero-order valence-corrected chi connectivity index (χ0v) is 15.8. The number of nitrogens with zero attached hydrogens (tertiary/aromatic N) is 3. The first-order chi connectivity index (χ1) is 13.3. The van der Waals surface area contributed by atoms with Crippen LogP contribution < -0.4 is 5.43 Å². The van der Waals surface area contributed by atoms with E-state index in [2.05, 4.69) is 44.7 Å².